The Bertz CT molecular complexity index is 236. The predicted octanol–water partition coefficient (Wildman–Crippen LogP) is 1.32. The second-order valence-corrected chi connectivity index (χ2v) is 4.23. The molecule has 0 rings (SSSR count). The van der Waals surface area contributed by atoms with Crippen LogP contribution in [0.2, 0.25) is 0 Å². The molecule has 0 saturated heterocycles. The van der Waals surface area contributed by atoms with Crippen molar-refractivity contribution in [2.75, 3.05) is 13.7 Å². The third-order valence-electron chi connectivity index (χ3n) is 1.66. The monoisotopic (exact) mass is 217 g/mol. The van der Waals surface area contributed by atoms with Gasteiger partial charge < -0.3 is 14.8 Å². The lowest BCUT2D eigenvalue weighted by atomic mass is 10.1. The van der Waals surface area contributed by atoms with E-state index in [9.17, 15) is 9.59 Å². The second-order valence-electron chi connectivity index (χ2n) is 4.23. The molecule has 0 aromatic heterocycles. The summed E-state index contributed by atoms with van der Waals surface area (Å²) in [5.74, 6) is -0.249. The van der Waals surface area contributed by atoms with Crippen LogP contribution in [0.25, 0.3) is 0 Å². The van der Waals surface area contributed by atoms with E-state index < -0.39 is 17.6 Å². The number of methoxy groups -OCH3 is 1. The topological polar surface area (TPSA) is 64.6 Å². The molecule has 1 amide bonds. The highest BCUT2D eigenvalue weighted by atomic mass is 16.6. The van der Waals surface area contributed by atoms with Gasteiger partial charge in [0.25, 0.3) is 0 Å². The van der Waals surface area contributed by atoms with Gasteiger partial charge in [0.05, 0.1) is 13.7 Å². The molecular formula is C10H19NO4. The summed E-state index contributed by atoms with van der Waals surface area (Å²) in [4.78, 5) is 22.5. The Morgan fingerprint density at radius 2 is 1.87 bits per heavy atom. The number of alkyl carbamates (subject to hydrolysis) is 1. The number of rotatable bonds is 4. The van der Waals surface area contributed by atoms with Crippen LogP contribution in [0.4, 0.5) is 4.79 Å². The molecule has 5 nitrogen and oxygen atoms in total. The van der Waals surface area contributed by atoms with E-state index in [1.807, 2.05) is 13.8 Å². The van der Waals surface area contributed by atoms with E-state index in [-0.39, 0.29) is 5.92 Å². The smallest absolute Gasteiger partial charge is 0.408 e. The first kappa shape index (κ1) is 13.7. The molecule has 0 bridgehead atoms. The zero-order chi connectivity index (χ0) is 12.1. The number of amides is 1. The minimum absolute atomic E-state index is 0.261. The van der Waals surface area contributed by atoms with Gasteiger partial charge in [0.2, 0.25) is 0 Å². The molecule has 5 heteroatoms. The summed E-state index contributed by atoms with van der Waals surface area (Å²) in [6.45, 7) is 7.28. The quantitative estimate of drug-likeness (QED) is 0.721. The van der Waals surface area contributed by atoms with Gasteiger partial charge >= 0.3 is 12.1 Å². The number of esters is 1. The van der Waals surface area contributed by atoms with Crippen LogP contribution < -0.4 is 5.32 Å². The van der Waals surface area contributed by atoms with Gasteiger partial charge in [-0.15, -0.1) is 0 Å². The van der Waals surface area contributed by atoms with Crippen molar-refractivity contribution in [1.82, 2.24) is 5.32 Å². The van der Waals surface area contributed by atoms with Gasteiger partial charge in [-0.3, -0.25) is 0 Å². The summed E-state index contributed by atoms with van der Waals surface area (Å²) < 4.78 is 9.41. The molecule has 0 aliphatic carbocycles. The minimum Gasteiger partial charge on any atom is -0.467 e. The number of nitrogens with one attached hydrogen (secondary N) is 1. The van der Waals surface area contributed by atoms with Crippen LogP contribution in [0.3, 0.4) is 0 Å². The molecule has 0 aromatic rings. The maximum Gasteiger partial charge on any atom is 0.408 e. The maximum atomic E-state index is 11.2. The molecule has 0 aliphatic heterocycles. The highest BCUT2D eigenvalue weighted by molar-refractivity contribution is 5.84. The summed E-state index contributed by atoms with van der Waals surface area (Å²) in [5.41, 5.74) is -1.07. The molecule has 0 heterocycles. The summed E-state index contributed by atoms with van der Waals surface area (Å²) in [5, 5.41) is 2.43. The highest BCUT2D eigenvalue weighted by Gasteiger charge is 2.31. The predicted molar refractivity (Wildman–Crippen MR) is 55.4 cm³/mol. The molecule has 0 fully saturated rings. The maximum absolute atomic E-state index is 11.2. The average molecular weight is 217 g/mol. The van der Waals surface area contributed by atoms with E-state index in [1.165, 1.54) is 7.11 Å². The van der Waals surface area contributed by atoms with Crippen LogP contribution in [-0.4, -0.2) is 31.3 Å². The molecule has 0 aliphatic rings. The SMILES string of the molecule is COC(=O)C(C)(C)NC(=O)OCC(C)C. The van der Waals surface area contributed by atoms with Crippen LogP contribution in [0.5, 0.6) is 0 Å². The Kier molecular flexibility index (Phi) is 5.11. The molecule has 88 valence electrons. The zero-order valence-corrected chi connectivity index (χ0v) is 9.92. The summed E-state index contributed by atoms with van der Waals surface area (Å²) in [7, 11) is 1.27. The van der Waals surface area contributed by atoms with Crippen molar-refractivity contribution in [3.63, 3.8) is 0 Å². The minimum atomic E-state index is -1.07. The van der Waals surface area contributed by atoms with Crippen molar-refractivity contribution in [2.45, 2.75) is 33.2 Å². The Morgan fingerprint density at radius 1 is 1.33 bits per heavy atom. The summed E-state index contributed by atoms with van der Waals surface area (Å²) in [6, 6.07) is 0. The van der Waals surface area contributed by atoms with Gasteiger partial charge in [0.1, 0.15) is 5.54 Å². The van der Waals surface area contributed by atoms with E-state index in [0.717, 1.165) is 0 Å². The highest BCUT2D eigenvalue weighted by Crippen LogP contribution is 2.05. The van der Waals surface area contributed by atoms with Crippen molar-refractivity contribution >= 4 is 12.1 Å². The number of ether oxygens (including phenoxy) is 2. The van der Waals surface area contributed by atoms with Gasteiger partial charge in [0, 0.05) is 0 Å². The number of hydrogen-bond donors (Lipinski definition) is 1. The third kappa shape index (κ3) is 5.24. The molecule has 1 N–H and O–H groups in total. The molecule has 0 atom stereocenters. The van der Waals surface area contributed by atoms with Crippen LogP contribution in [0.1, 0.15) is 27.7 Å². The second kappa shape index (κ2) is 5.58. The van der Waals surface area contributed by atoms with E-state index >= 15 is 0 Å². The van der Waals surface area contributed by atoms with E-state index in [4.69, 9.17) is 4.74 Å². The van der Waals surface area contributed by atoms with Crippen molar-refractivity contribution in [1.29, 1.82) is 0 Å². The van der Waals surface area contributed by atoms with Crippen LogP contribution >= 0.6 is 0 Å². The third-order valence-corrected chi connectivity index (χ3v) is 1.66. The molecule has 0 aromatic carbocycles. The summed E-state index contributed by atoms with van der Waals surface area (Å²) in [6.07, 6.45) is -0.612. The normalized spacial score (nSPS) is 11.1. The molecule has 15 heavy (non-hydrogen) atoms. The lowest BCUT2D eigenvalue weighted by Gasteiger charge is -2.22. The molecule has 0 spiro atoms. The fraction of sp³-hybridized carbons (Fsp3) is 0.800. The van der Waals surface area contributed by atoms with Gasteiger partial charge in [-0.05, 0) is 19.8 Å². The fourth-order valence-electron chi connectivity index (χ4n) is 0.840. The Balaban J connectivity index is 4.10. The van der Waals surface area contributed by atoms with Gasteiger partial charge in [0.15, 0.2) is 0 Å². The zero-order valence-electron chi connectivity index (χ0n) is 9.92. The van der Waals surface area contributed by atoms with Crippen LogP contribution in [0, 0.1) is 5.92 Å². The molecule has 0 unspecified atom stereocenters. The standard InChI is InChI=1S/C10H19NO4/c1-7(2)6-15-9(13)11-10(3,4)8(12)14-5/h7H,6H2,1-5H3,(H,11,13). The van der Waals surface area contributed by atoms with Crippen molar-refractivity contribution in [3.8, 4) is 0 Å². The van der Waals surface area contributed by atoms with E-state index in [0.29, 0.717) is 6.61 Å². The average Bonchev–Trinajstić information content (AvgIpc) is 2.12. The van der Waals surface area contributed by atoms with Crippen molar-refractivity contribution in [3.05, 3.63) is 0 Å². The number of carbonyl (C=O) groups is 2. The summed E-state index contributed by atoms with van der Waals surface area (Å²) >= 11 is 0. The van der Waals surface area contributed by atoms with Crippen LogP contribution in [0.15, 0.2) is 0 Å². The van der Waals surface area contributed by atoms with Crippen molar-refractivity contribution < 1.29 is 19.1 Å². The lowest BCUT2D eigenvalue weighted by molar-refractivity contribution is -0.146. The number of hydrogen-bond acceptors (Lipinski definition) is 4. The Morgan fingerprint density at radius 3 is 2.27 bits per heavy atom. The van der Waals surface area contributed by atoms with Gasteiger partial charge in [-0.1, -0.05) is 13.8 Å². The van der Waals surface area contributed by atoms with Crippen molar-refractivity contribution in [2.24, 2.45) is 5.92 Å². The fourth-order valence-corrected chi connectivity index (χ4v) is 0.840. The molecule has 0 radical (unpaired) electrons. The molecular weight excluding hydrogens is 198 g/mol. The van der Waals surface area contributed by atoms with Crippen LogP contribution in [-0.2, 0) is 14.3 Å². The first-order valence-corrected chi connectivity index (χ1v) is 4.83. The largest absolute Gasteiger partial charge is 0.467 e. The lowest BCUT2D eigenvalue weighted by Crippen LogP contribution is -2.50. The first-order chi connectivity index (χ1) is 6.79. The van der Waals surface area contributed by atoms with E-state index in [2.05, 4.69) is 10.1 Å². The molecule has 0 saturated carbocycles. The Labute approximate surface area is 90.1 Å². The Hall–Kier alpha value is -1.26. The first-order valence-electron chi connectivity index (χ1n) is 4.83. The van der Waals surface area contributed by atoms with Gasteiger partial charge in [-0.25, -0.2) is 9.59 Å². The van der Waals surface area contributed by atoms with E-state index in [1.54, 1.807) is 13.8 Å². The number of carbonyl (C=O) groups excluding carboxylic acids is 2. The van der Waals surface area contributed by atoms with Gasteiger partial charge in [-0.2, -0.15) is 0 Å².